The lowest BCUT2D eigenvalue weighted by atomic mass is 10.2. The van der Waals surface area contributed by atoms with Gasteiger partial charge in [-0.05, 0) is 19.3 Å². The van der Waals surface area contributed by atoms with Gasteiger partial charge in [0.25, 0.3) is 0 Å². The van der Waals surface area contributed by atoms with Crippen molar-refractivity contribution in [3.63, 3.8) is 0 Å². The molecule has 4 nitrogen and oxygen atoms in total. The smallest absolute Gasteiger partial charge is 0.317 e. The van der Waals surface area contributed by atoms with Crippen LogP contribution in [0.1, 0.15) is 32.1 Å². The Hall–Kier alpha value is -0.770. The number of aliphatic hydroxyl groups is 1. The lowest BCUT2D eigenvalue weighted by Gasteiger charge is -2.19. The Labute approximate surface area is 84.3 Å². The molecule has 2 aliphatic rings. The normalized spacial score (nSPS) is 28.4. The van der Waals surface area contributed by atoms with Gasteiger partial charge in [-0.1, -0.05) is 12.8 Å². The molecule has 0 aromatic rings. The lowest BCUT2D eigenvalue weighted by Crippen LogP contribution is -2.43. The second kappa shape index (κ2) is 4.17. The van der Waals surface area contributed by atoms with Gasteiger partial charge in [0.15, 0.2) is 0 Å². The van der Waals surface area contributed by atoms with Gasteiger partial charge in [-0.25, -0.2) is 4.79 Å². The zero-order valence-electron chi connectivity index (χ0n) is 8.41. The molecule has 1 atom stereocenters. The van der Waals surface area contributed by atoms with E-state index >= 15 is 0 Å². The van der Waals surface area contributed by atoms with Gasteiger partial charge < -0.3 is 15.3 Å². The summed E-state index contributed by atoms with van der Waals surface area (Å²) < 4.78 is 0. The molecular weight excluding hydrogens is 180 g/mol. The highest BCUT2D eigenvalue weighted by molar-refractivity contribution is 5.74. The Morgan fingerprint density at radius 2 is 2.00 bits per heavy atom. The van der Waals surface area contributed by atoms with Crippen molar-refractivity contribution in [3.8, 4) is 0 Å². The molecule has 0 bridgehead atoms. The van der Waals surface area contributed by atoms with E-state index in [9.17, 15) is 9.90 Å². The fraction of sp³-hybridized carbons (Fsp3) is 0.900. The standard InChI is InChI=1S/C10H18N2O2/c13-9-5-6-12(7-9)10(14)11-8-3-1-2-4-8/h8-9,13H,1-7H2,(H,11,14)/t9-/m0/s1. The Morgan fingerprint density at radius 3 is 2.57 bits per heavy atom. The molecule has 0 unspecified atom stereocenters. The first kappa shape index (κ1) is 9.77. The molecule has 1 aliphatic heterocycles. The molecular formula is C10H18N2O2. The molecule has 2 N–H and O–H groups in total. The summed E-state index contributed by atoms with van der Waals surface area (Å²) in [6.45, 7) is 1.19. The average molecular weight is 198 g/mol. The number of amides is 2. The summed E-state index contributed by atoms with van der Waals surface area (Å²) in [6.07, 6.45) is 5.09. The van der Waals surface area contributed by atoms with Crippen LogP contribution in [0.2, 0.25) is 0 Å². The van der Waals surface area contributed by atoms with Gasteiger partial charge in [0.05, 0.1) is 6.10 Å². The number of carbonyl (C=O) groups excluding carboxylic acids is 1. The van der Waals surface area contributed by atoms with Crippen molar-refractivity contribution in [2.75, 3.05) is 13.1 Å². The second-order valence-electron chi connectivity index (χ2n) is 4.32. The van der Waals surface area contributed by atoms with Crippen LogP contribution in [0, 0.1) is 0 Å². The highest BCUT2D eigenvalue weighted by Crippen LogP contribution is 2.18. The summed E-state index contributed by atoms with van der Waals surface area (Å²) in [7, 11) is 0. The van der Waals surface area contributed by atoms with Crippen molar-refractivity contribution < 1.29 is 9.90 Å². The molecule has 0 radical (unpaired) electrons. The molecule has 2 fully saturated rings. The van der Waals surface area contributed by atoms with Gasteiger partial charge in [-0.15, -0.1) is 0 Å². The zero-order valence-corrected chi connectivity index (χ0v) is 8.41. The van der Waals surface area contributed by atoms with Gasteiger partial charge in [0, 0.05) is 19.1 Å². The third-order valence-corrected chi connectivity index (χ3v) is 3.13. The number of urea groups is 1. The van der Waals surface area contributed by atoms with Crippen LogP contribution in [-0.2, 0) is 0 Å². The van der Waals surface area contributed by atoms with Crippen LogP contribution in [0.25, 0.3) is 0 Å². The highest BCUT2D eigenvalue weighted by atomic mass is 16.3. The largest absolute Gasteiger partial charge is 0.391 e. The van der Waals surface area contributed by atoms with Crippen molar-refractivity contribution >= 4 is 6.03 Å². The van der Waals surface area contributed by atoms with Gasteiger partial charge in [0.2, 0.25) is 0 Å². The molecule has 0 aromatic heterocycles. The maximum Gasteiger partial charge on any atom is 0.317 e. The number of carbonyl (C=O) groups is 1. The van der Waals surface area contributed by atoms with Crippen molar-refractivity contribution in [1.82, 2.24) is 10.2 Å². The molecule has 2 rings (SSSR count). The van der Waals surface area contributed by atoms with Crippen molar-refractivity contribution in [2.24, 2.45) is 0 Å². The van der Waals surface area contributed by atoms with Crippen LogP contribution in [0.15, 0.2) is 0 Å². The molecule has 0 spiro atoms. The maximum absolute atomic E-state index is 11.7. The van der Waals surface area contributed by atoms with E-state index in [-0.39, 0.29) is 12.1 Å². The summed E-state index contributed by atoms with van der Waals surface area (Å²) >= 11 is 0. The first-order valence-electron chi connectivity index (χ1n) is 5.49. The third-order valence-electron chi connectivity index (χ3n) is 3.13. The molecule has 1 saturated carbocycles. The minimum absolute atomic E-state index is 0.00782. The lowest BCUT2D eigenvalue weighted by molar-refractivity contribution is 0.170. The predicted octanol–water partition coefficient (Wildman–Crippen LogP) is 0.705. The molecule has 1 heterocycles. The SMILES string of the molecule is O=C(NC1CCCC1)N1CC[C@H](O)C1. The summed E-state index contributed by atoms with van der Waals surface area (Å²) in [5.74, 6) is 0. The van der Waals surface area contributed by atoms with Gasteiger partial charge in [-0.2, -0.15) is 0 Å². The van der Waals surface area contributed by atoms with Crippen LogP contribution in [-0.4, -0.2) is 41.3 Å². The van der Waals surface area contributed by atoms with E-state index in [1.54, 1.807) is 4.90 Å². The minimum atomic E-state index is -0.315. The first-order chi connectivity index (χ1) is 6.75. The number of hydrogen-bond acceptors (Lipinski definition) is 2. The first-order valence-corrected chi connectivity index (χ1v) is 5.49. The maximum atomic E-state index is 11.7. The van der Waals surface area contributed by atoms with E-state index in [2.05, 4.69) is 5.32 Å². The summed E-state index contributed by atoms with van der Waals surface area (Å²) in [4.78, 5) is 13.4. The molecule has 14 heavy (non-hydrogen) atoms. The molecule has 0 aromatic carbocycles. The molecule has 80 valence electrons. The van der Waals surface area contributed by atoms with Gasteiger partial charge in [0.1, 0.15) is 0 Å². The van der Waals surface area contributed by atoms with Crippen LogP contribution in [0.3, 0.4) is 0 Å². The van der Waals surface area contributed by atoms with Crippen molar-refractivity contribution in [1.29, 1.82) is 0 Å². The van der Waals surface area contributed by atoms with Crippen LogP contribution < -0.4 is 5.32 Å². The Morgan fingerprint density at radius 1 is 1.29 bits per heavy atom. The quantitative estimate of drug-likeness (QED) is 0.652. The van der Waals surface area contributed by atoms with E-state index in [1.807, 2.05) is 0 Å². The predicted molar refractivity (Wildman–Crippen MR) is 53.0 cm³/mol. The van der Waals surface area contributed by atoms with E-state index in [4.69, 9.17) is 0 Å². The van der Waals surface area contributed by atoms with E-state index in [0.717, 1.165) is 19.3 Å². The molecule has 4 heteroatoms. The highest BCUT2D eigenvalue weighted by Gasteiger charge is 2.26. The minimum Gasteiger partial charge on any atom is -0.391 e. The Bertz CT molecular complexity index is 214. The van der Waals surface area contributed by atoms with Crippen molar-refractivity contribution in [3.05, 3.63) is 0 Å². The number of aliphatic hydroxyl groups excluding tert-OH is 1. The number of rotatable bonds is 1. The fourth-order valence-corrected chi connectivity index (χ4v) is 2.26. The van der Waals surface area contributed by atoms with Crippen LogP contribution in [0.5, 0.6) is 0 Å². The van der Waals surface area contributed by atoms with Crippen LogP contribution >= 0.6 is 0 Å². The number of likely N-dealkylation sites (tertiary alicyclic amines) is 1. The molecule has 1 aliphatic carbocycles. The molecule has 1 saturated heterocycles. The number of nitrogens with one attached hydrogen (secondary N) is 1. The average Bonchev–Trinajstić information content (AvgIpc) is 2.75. The Balaban J connectivity index is 1.77. The van der Waals surface area contributed by atoms with E-state index < -0.39 is 0 Å². The van der Waals surface area contributed by atoms with E-state index in [1.165, 1.54) is 12.8 Å². The third kappa shape index (κ3) is 2.18. The fourth-order valence-electron chi connectivity index (χ4n) is 2.26. The summed E-state index contributed by atoms with van der Waals surface area (Å²) in [5.41, 5.74) is 0. The van der Waals surface area contributed by atoms with Crippen LogP contribution in [0.4, 0.5) is 4.79 Å². The summed E-state index contributed by atoms with van der Waals surface area (Å²) in [6, 6.07) is 0.383. The van der Waals surface area contributed by atoms with Gasteiger partial charge in [-0.3, -0.25) is 0 Å². The van der Waals surface area contributed by atoms with E-state index in [0.29, 0.717) is 19.1 Å². The molecule has 2 amide bonds. The topological polar surface area (TPSA) is 52.6 Å². The zero-order chi connectivity index (χ0) is 9.97. The number of hydrogen-bond donors (Lipinski definition) is 2. The van der Waals surface area contributed by atoms with Gasteiger partial charge >= 0.3 is 6.03 Å². The van der Waals surface area contributed by atoms with Crippen molar-refractivity contribution in [2.45, 2.75) is 44.2 Å². The number of β-amino-alcohol motifs (C(OH)–C–C–N with tert-alkyl or cyclic N) is 1. The summed E-state index contributed by atoms with van der Waals surface area (Å²) in [5, 5.41) is 12.3. The monoisotopic (exact) mass is 198 g/mol. The number of nitrogens with zero attached hydrogens (tertiary/aromatic N) is 1. The Kier molecular flexibility index (Phi) is 2.91. The second-order valence-corrected chi connectivity index (χ2v) is 4.32.